The highest BCUT2D eigenvalue weighted by Crippen LogP contribution is 2.33. The number of methoxy groups -OCH3 is 2. The quantitative estimate of drug-likeness (QED) is 0.592. The van der Waals surface area contributed by atoms with Crippen molar-refractivity contribution in [2.45, 2.75) is 19.8 Å². The first-order valence-electron chi connectivity index (χ1n) is 11.3. The third-order valence-corrected chi connectivity index (χ3v) is 5.87. The minimum atomic E-state index is -0.0535. The first-order valence-corrected chi connectivity index (χ1v) is 11.3. The number of benzene rings is 2. The number of nitrogens with one attached hydrogen (secondary N) is 1. The second-order valence-corrected chi connectivity index (χ2v) is 7.99. The molecule has 7 heteroatoms. The molecule has 1 aliphatic rings. The number of ether oxygens (including phenoxy) is 2. The maximum absolute atomic E-state index is 13.2. The molecule has 7 nitrogen and oxygen atoms in total. The van der Waals surface area contributed by atoms with E-state index in [-0.39, 0.29) is 11.8 Å². The summed E-state index contributed by atoms with van der Waals surface area (Å²) >= 11 is 0. The summed E-state index contributed by atoms with van der Waals surface area (Å²) in [4.78, 5) is 29.6. The molecule has 0 unspecified atom stereocenters. The molecule has 0 aliphatic carbocycles. The summed E-state index contributed by atoms with van der Waals surface area (Å²) in [6.45, 7) is 8.56. The third-order valence-electron chi connectivity index (χ3n) is 5.87. The van der Waals surface area contributed by atoms with Crippen molar-refractivity contribution in [3.8, 4) is 11.5 Å². The molecule has 176 valence electrons. The molecule has 1 fully saturated rings. The molecule has 3 rings (SSSR count). The van der Waals surface area contributed by atoms with Crippen LogP contribution in [0.2, 0.25) is 0 Å². The first-order chi connectivity index (χ1) is 16.0. The SMILES string of the molecule is C=CCc1cc(C(=O)N2CCN(CC(=O)Nc3ccccc3CC)CC2)cc(OC)c1OC. The second kappa shape index (κ2) is 11.5. The molecule has 33 heavy (non-hydrogen) atoms. The number of carbonyl (C=O) groups is 2. The number of amides is 2. The minimum absolute atomic E-state index is 0.0374. The Kier molecular flexibility index (Phi) is 8.49. The Balaban J connectivity index is 1.60. The molecule has 0 radical (unpaired) electrons. The van der Waals surface area contributed by atoms with Crippen LogP contribution in [0.15, 0.2) is 49.1 Å². The van der Waals surface area contributed by atoms with Gasteiger partial charge in [-0.05, 0) is 36.6 Å². The lowest BCUT2D eigenvalue weighted by molar-refractivity contribution is -0.117. The van der Waals surface area contributed by atoms with Gasteiger partial charge in [0.1, 0.15) is 0 Å². The van der Waals surface area contributed by atoms with Crippen molar-refractivity contribution in [2.75, 3.05) is 52.3 Å². The summed E-state index contributed by atoms with van der Waals surface area (Å²) in [5, 5.41) is 3.02. The maximum Gasteiger partial charge on any atom is 0.254 e. The molecule has 1 aliphatic heterocycles. The van der Waals surface area contributed by atoms with Crippen molar-refractivity contribution < 1.29 is 19.1 Å². The highest BCUT2D eigenvalue weighted by atomic mass is 16.5. The molecular weight excluding hydrogens is 418 g/mol. The lowest BCUT2D eigenvalue weighted by Gasteiger charge is -2.34. The van der Waals surface area contributed by atoms with Crippen LogP contribution in [0.25, 0.3) is 0 Å². The van der Waals surface area contributed by atoms with Gasteiger partial charge in [0.15, 0.2) is 11.5 Å². The Hall–Kier alpha value is -3.32. The van der Waals surface area contributed by atoms with Crippen LogP contribution >= 0.6 is 0 Å². The molecule has 0 bridgehead atoms. The van der Waals surface area contributed by atoms with E-state index in [1.165, 1.54) is 0 Å². The number of carbonyl (C=O) groups excluding carboxylic acids is 2. The average molecular weight is 452 g/mol. The van der Waals surface area contributed by atoms with Gasteiger partial charge in [0, 0.05) is 43.0 Å². The number of allylic oxidation sites excluding steroid dienone is 1. The van der Waals surface area contributed by atoms with Gasteiger partial charge in [-0.15, -0.1) is 6.58 Å². The standard InChI is InChI=1S/C26H33N3O4/c1-5-9-20-16-21(17-23(32-3)25(20)33-4)26(31)29-14-12-28(13-15-29)18-24(30)27-22-11-8-7-10-19(22)6-2/h5,7-8,10-11,16-17H,1,6,9,12-15,18H2,2-4H3,(H,27,30). The van der Waals surface area contributed by atoms with E-state index in [9.17, 15) is 9.59 Å². The van der Waals surface area contributed by atoms with Crippen LogP contribution in [0.1, 0.15) is 28.4 Å². The van der Waals surface area contributed by atoms with E-state index in [2.05, 4.69) is 23.7 Å². The van der Waals surface area contributed by atoms with E-state index in [1.807, 2.05) is 35.2 Å². The molecule has 0 atom stereocenters. The molecule has 0 aromatic heterocycles. The third kappa shape index (κ3) is 5.93. The van der Waals surface area contributed by atoms with Gasteiger partial charge in [0.2, 0.25) is 5.91 Å². The highest BCUT2D eigenvalue weighted by Gasteiger charge is 2.25. The van der Waals surface area contributed by atoms with E-state index in [0.717, 1.165) is 23.2 Å². The molecule has 2 amide bonds. The van der Waals surface area contributed by atoms with Gasteiger partial charge in [-0.25, -0.2) is 0 Å². The fourth-order valence-corrected chi connectivity index (χ4v) is 4.11. The molecule has 2 aromatic carbocycles. The van der Waals surface area contributed by atoms with Crippen molar-refractivity contribution in [1.82, 2.24) is 9.80 Å². The second-order valence-electron chi connectivity index (χ2n) is 7.99. The summed E-state index contributed by atoms with van der Waals surface area (Å²) in [7, 11) is 3.15. The summed E-state index contributed by atoms with van der Waals surface area (Å²) in [5.41, 5.74) is 3.40. The Morgan fingerprint density at radius 1 is 1.06 bits per heavy atom. The van der Waals surface area contributed by atoms with Crippen LogP contribution < -0.4 is 14.8 Å². The van der Waals surface area contributed by atoms with Gasteiger partial charge < -0.3 is 19.7 Å². The zero-order valence-electron chi connectivity index (χ0n) is 19.7. The summed E-state index contributed by atoms with van der Waals surface area (Å²) in [6.07, 6.45) is 3.21. The van der Waals surface area contributed by atoms with Crippen molar-refractivity contribution >= 4 is 17.5 Å². The van der Waals surface area contributed by atoms with Crippen molar-refractivity contribution in [2.24, 2.45) is 0 Å². The van der Waals surface area contributed by atoms with E-state index in [1.54, 1.807) is 26.4 Å². The Morgan fingerprint density at radius 2 is 1.79 bits per heavy atom. The molecule has 2 aromatic rings. The van der Waals surface area contributed by atoms with Gasteiger partial charge in [0.05, 0.1) is 20.8 Å². The van der Waals surface area contributed by atoms with E-state index < -0.39 is 0 Å². The van der Waals surface area contributed by atoms with Crippen molar-refractivity contribution in [3.05, 3.63) is 65.7 Å². The van der Waals surface area contributed by atoms with E-state index >= 15 is 0 Å². The topological polar surface area (TPSA) is 71.1 Å². The van der Waals surface area contributed by atoms with Gasteiger partial charge in [-0.3, -0.25) is 14.5 Å². The van der Waals surface area contributed by atoms with Crippen LogP contribution in [0.5, 0.6) is 11.5 Å². The molecule has 0 spiro atoms. The van der Waals surface area contributed by atoms with Crippen molar-refractivity contribution in [3.63, 3.8) is 0 Å². The lowest BCUT2D eigenvalue weighted by atomic mass is 10.0. The number of nitrogens with zero attached hydrogens (tertiary/aromatic N) is 2. The van der Waals surface area contributed by atoms with Crippen molar-refractivity contribution in [1.29, 1.82) is 0 Å². The first kappa shape index (κ1) is 24.3. The molecule has 1 saturated heterocycles. The number of hydrogen-bond donors (Lipinski definition) is 1. The smallest absolute Gasteiger partial charge is 0.254 e. The van der Waals surface area contributed by atoms with Gasteiger partial charge in [0.25, 0.3) is 5.91 Å². The van der Waals surface area contributed by atoms with E-state index in [0.29, 0.717) is 56.2 Å². The lowest BCUT2D eigenvalue weighted by Crippen LogP contribution is -2.50. The van der Waals surface area contributed by atoms with E-state index in [4.69, 9.17) is 9.47 Å². The normalized spacial score (nSPS) is 14.0. The monoisotopic (exact) mass is 451 g/mol. The number of piperazine rings is 1. The number of hydrogen-bond acceptors (Lipinski definition) is 5. The Morgan fingerprint density at radius 3 is 2.42 bits per heavy atom. The Labute approximate surface area is 196 Å². The summed E-state index contributed by atoms with van der Waals surface area (Å²) in [6, 6.07) is 11.4. The number of para-hydroxylation sites is 1. The fraction of sp³-hybridized carbons (Fsp3) is 0.385. The summed E-state index contributed by atoms with van der Waals surface area (Å²) < 4.78 is 10.9. The minimum Gasteiger partial charge on any atom is -0.493 e. The predicted octanol–water partition coefficient (Wildman–Crippen LogP) is 3.39. The highest BCUT2D eigenvalue weighted by molar-refractivity contribution is 5.95. The van der Waals surface area contributed by atoms with Crippen LogP contribution in [0.4, 0.5) is 5.69 Å². The molecular formula is C26H33N3O4. The van der Waals surface area contributed by atoms with Gasteiger partial charge >= 0.3 is 0 Å². The van der Waals surface area contributed by atoms with Gasteiger partial charge in [-0.2, -0.15) is 0 Å². The number of aryl methyl sites for hydroxylation is 1. The fourth-order valence-electron chi connectivity index (χ4n) is 4.11. The Bertz CT molecular complexity index is 997. The average Bonchev–Trinajstić information content (AvgIpc) is 2.84. The molecule has 1 heterocycles. The van der Waals surface area contributed by atoms with Crippen LogP contribution in [-0.2, 0) is 17.6 Å². The van der Waals surface area contributed by atoms with Crippen LogP contribution in [0, 0.1) is 0 Å². The zero-order chi connectivity index (χ0) is 23.8. The van der Waals surface area contributed by atoms with Crippen LogP contribution in [-0.4, -0.2) is 68.6 Å². The molecule has 0 saturated carbocycles. The van der Waals surface area contributed by atoms with Gasteiger partial charge in [-0.1, -0.05) is 31.2 Å². The maximum atomic E-state index is 13.2. The number of anilines is 1. The largest absolute Gasteiger partial charge is 0.493 e. The number of rotatable bonds is 9. The van der Waals surface area contributed by atoms with Crippen LogP contribution in [0.3, 0.4) is 0 Å². The summed E-state index contributed by atoms with van der Waals surface area (Å²) in [5.74, 6) is 1.06. The molecule has 1 N–H and O–H groups in total. The predicted molar refractivity (Wildman–Crippen MR) is 130 cm³/mol. The zero-order valence-corrected chi connectivity index (χ0v) is 19.7.